The molecule has 0 bridgehead atoms. The average molecular weight is 371 g/mol. The van der Waals surface area contributed by atoms with Gasteiger partial charge in [0, 0.05) is 5.56 Å². The molecule has 1 aromatic carbocycles. The van der Waals surface area contributed by atoms with Crippen LogP contribution in [-0.4, -0.2) is 10.7 Å². The Balaban J connectivity index is 2.00. The van der Waals surface area contributed by atoms with Gasteiger partial charge in [0.15, 0.2) is 0 Å². The maximum atomic E-state index is 10.3. The Morgan fingerprint density at radius 2 is 1.70 bits per heavy atom. The van der Waals surface area contributed by atoms with E-state index in [4.69, 9.17) is 4.74 Å². The largest absolute Gasteiger partial charge is 0.507 e. The molecule has 1 atom stereocenters. The Morgan fingerprint density at radius 3 is 2.37 bits per heavy atom. The zero-order valence-corrected chi connectivity index (χ0v) is 18.5. The summed E-state index contributed by atoms with van der Waals surface area (Å²) in [7, 11) is 0. The first-order valence-corrected chi connectivity index (χ1v) is 10.5. The molecule has 1 aliphatic rings. The van der Waals surface area contributed by atoms with Gasteiger partial charge in [-0.25, -0.2) is 0 Å². The van der Waals surface area contributed by atoms with Crippen LogP contribution in [0.25, 0.3) is 0 Å². The van der Waals surface area contributed by atoms with Crippen molar-refractivity contribution in [2.45, 2.75) is 99.0 Å². The highest BCUT2D eigenvalue weighted by Crippen LogP contribution is 2.44. The average Bonchev–Trinajstić information content (AvgIpc) is 2.64. The number of benzene rings is 1. The fraction of sp³-hybridized carbons (Fsp3) is 0.600. The molecule has 0 radical (unpaired) electrons. The second kappa shape index (κ2) is 8.99. The summed E-state index contributed by atoms with van der Waals surface area (Å²) in [5.41, 5.74) is 7.05. The predicted octanol–water partition coefficient (Wildman–Crippen LogP) is 7.26. The molecular weight excluding hydrogens is 332 g/mol. The maximum absolute atomic E-state index is 10.3. The molecule has 2 rings (SSSR count). The van der Waals surface area contributed by atoms with Gasteiger partial charge in [-0.15, -0.1) is 0 Å². The van der Waals surface area contributed by atoms with E-state index in [1.54, 1.807) is 0 Å². The molecule has 0 unspecified atom stereocenters. The zero-order chi connectivity index (χ0) is 20.2. The van der Waals surface area contributed by atoms with Gasteiger partial charge in [-0.2, -0.15) is 0 Å². The van der Waals surface area contributed by atoms with Crippen LogP contribution in [0.2, 0.25) is 0 Å². The van der Waals surface area contributed by atoms with Gasteiger partial charge in [-0.1, -0.05) is 30.2 Å². The van der Waals surface area contributed by atoms with Gasteiger partial charge in [0.05, 0.1) is 0 Å². The summed E-state index contributed by atoms with van der Waals surface area (Å²) in [6.07, 6.45) is 12.3. The van der Waals surface area contributed by atoms with E-state index < -0.39 is 0 Å². The first-order chi connectivity index (χ1) is 12.7. The molecule has 0 spiro atoms. The molecule has 1 N–H and O–H groups in total. The smallest absolute Gasteiger partial charge is 0.127 e. The summed E-state index contributed by atoms with van der Waals surface area (Å²) >= 11 is 0. The second-order valence-corrected chi connectivity index (χ2v) is 8.62. The van der Waals surface area contributed by atoms with Crippen molar-refractivity contribution in [1.82, 2.24) is 0 Å². The molecule has 150 valence electrons. The third kappa shape index (κ3) is 5.18. The van der Waals surface area contributed by atoms with E-state index in [1.807, 2.05) is 13.8 Å². The van der Waals surface area contributed by atoms with Crippen LogP contribution in [0.5, 0.6) is 11.5 Å². The summed E-state index contributed by atoms with van der Waals surface area (Å²) in [4.78, 5) is 0. The number of allylic oxidation sites excluding steroid dienone is 4. The monoisotopic (exact) mass is 370 g/mol. The summed E-state index contributed by atoms with van der Waals surface area (Å²) in [6.45, 7) is 15.0. The number of phenolic OH excluding ortho intramolecular Hbond substituents is 1. The van der Waals surface area contributed by atoms with Crippen LogP contribution in [0.1, 0.15) is 88.5 Å². The molecule has 1 heterocycles. The van der Waals surface area contributed by atoms with Crippen molar-refractivity contribution in [3.63, 3.8) is 0 Å². The van der Waals surface area contributed by atoms with Gasteiger partial charge in [0.25, 0.3) is 0 Å². The van der Waals surface area contributed by atoms with Gasteiger partial charge in [0.1, 0.15) is 17.1 Å². The zero-order valence-electron chi connectivity index (χ0n) is 18.5. The lowest BCUT2D eigenvalue weighted by Gasteiger charge is -2.38. The van der Waals surface area contributed by atoms with Crippen molar-refractivity contribution in [3.8, 4) is 11.5 Å². The van der Waals surface area contributed by atoms with Crippen LogP contribution in [-0.2, 0) is 6.42 Å². The van der Waals surface area contributed by atoms with Crippen molar-refractivity contribution >= 4 is 0 Å². The van der Waals surface area contributed by atoms with Crippen LogP contribution in [0, 0.1) is 20.8 Å². The molecule has 0 aliphatic carbocycles. The van der Waals surface area contributed by atoms with Gasteiger partial charge in [0.2, 0.25) is 0 Å². The highest BCUT2D eigenvalue weighted by molar-refractivity contribution is 5.58. The molecule has 0 amide bonds. The number of rotatable bonds is 7. The van der Waals surface area contributed by atoms with E-state index in [9.17, 15) is 5.11 Å². The molecule has 1 aliphatic heterocycles. The van der Waals surface area contributed by atoms with Crippen LogP contribution < -0.4 is 4.74 Å². The second-order valence-electron chi connectivity index (χ2n) is 8.62. The van der Waals surface area contributed by atoms with Gasteiger partial charge >= 0.3 is 0 Å². The number of aromatic hydroxyl groups is 1. The molecule has 2 nitrogen and oxygen atoms in total. The van der Waals surface area contributed by atoms with Crippen LogP contribution in [0.15, 0.2) is 23.3 Å². The van der Waals surface area contributed by atoms with Crippen molar-refractivity contribution in [2.24, 2.45) is 0 Å². The third-order valence-corrected chi connectivity index (χ3v) is 6.35. The molecule has 27 heavy (non-hydrogen) atoms. The first-order valence-electron chi connectivity index (χ1n) is 10.5. The quantitative estimate of drug-likeness (QED) is 0.512. The van der Waals surface area contributed by atoms with Crippen LogP contribution >= 0.6 is 0 Å². The van der Waals surface area contributed by atoms with E-state index in [1.165, 1.54) is 16.7 Å². The van der Waals surface area contributed by atoms with E-state index in [2.05, 4.69) is 46.8 Å². The SMILES string of the molecule is CC/C(C)=C/CC/C(C)=C/CC[C@]1(C)CCc2c(C)c(O)c(C)c(C)c2O1. The normalized spacial score (nSPS) is 20.4. The molecule has 0 saturated heterocycles. The lowest BCUT2D eigenvalue weighted by atomic mass is 9.85. The molecular formula is C25H38O2. The van der Waals surface area contributed by atoms with Crippen molar-refractivity contribution < 1.29 is 9.84 Å². The van der Waals surface area contributed by atoms with Crippen LogP contribution in [0.4, 0.5) is 0 Å². The molecule has 1 aromatic rings. The third-order valence-electron chi connectivity index (χ3n) is 6.35. The number of phenols is 1. The van der Waals surface area contributed by atoms with Crippen molar-refractivity contribution in [2.75, 3.05) is 0 Å². The Bertz CT molecular complexity index is 739. The fourth-order valence-electron chi connectivity index (χ4n) is 3.89. The van der Waals surface area contributed by atoms with Crippen molar-refractivity contribution in [3.05, 3.63) is 45.6 Å². The molecule has 0 saturated carbocycles. The van der Waals surface area contributed by atoms with Crippen LogP contribution in [0.3, 0.4) is 0 Å². The molecule has 0 fully saturated rings. The topological polar surface area (TPSA) is 29.5 Å². The van der Waals surface area contributed by atoms with Gasteiger partial charge < -0.3 is 9.84 Å². The molecule has 2 heteroatoms. The lowest BCUT2D eigenvalue weighted by molar-refractivity contribution is 0.0558. The standard InChI is InChI=1S/C25H38O2/c1-8-17(2)11-9-12-18(3)13-10-15-25(7)16-14-22-21(6)23(26)19(4)20(5)24(22)27-25/h11,13,26H,8-10,12,14-16H2,1-7H3/b17-11+,18-13+/t25-/m1/s1. The molecule has 0 aromatic heterocycles. The Hall–Kier alpha value is -1.70. The van der Waals surface area contributed by atoms with E-state index in [-0.39, 0.29) is 5.60 Å². The minimum Gasteiger partial charge on any atom is -0.507 e. The predicted molar refractivity (Wildman–Crippen MR) is 116 cm³/mol. The summed E-state index contributed by atoms with van der Waals surface area (Å²) in [5.74, 6) is 1.45. The van der Waals surface area contributed by atoms with Crippen molar-refractivity contribution in [1.29, 1.82) is 0 Å². The summed E-state index contributed by atoms with van der Waals surface area (Å²) in [5, 5.41) is 10.3. The lowest BCUT2D eigenvalue weighted by Crippen LogP contribution is -2.37. The summed E-state index contributed by atoms with van der Waals surface area (Å²) in [6, 6.07) is 0. The van der Waals surface area contributed by atoms with E-state index >= 15 is 0 Å². The number of hydrogen-bond acceptors (Lipinski definition) is 2. The van der Waals surface area contributed by atoms with E-state index in [0.29, 0.717) is 5.75 Å². The number of fused-ring (bicyclic) bond motifs is 1. The summed E-state index contributed by atoms with van der Waals surface area (Å²) < 4.78 is 6.53. The van der Waals surface area contributed by atoms with Gasteiger partial charge in [-0.05, 0) is 103 Å². The minimum absolute atomic E-state index is 0.122. The Labute approximate surface area is 166 Å². The Kier molecular flexibility index (Phi) is 7.19. The van der Waals surface area contributed by atoms with E-state index in [0.717, 1.165) is 67.4 Å². The fourth-order valence-corrected chi connectivity index (χ4v) is 3.89. The first kappa shape index (κ1) is 21.6. The highest BCUT2D eigenvalue weighted by Gasteiger charge is 2.33. The van der Waals surface area contributed by atoms with Gasteiger partial charge in [-0.3, -0.25) is 0 Å². The Morgan fingerprint density at radius 1 is 1.04 bits per heavy atom. The highest BCUT2D eigenvalue weighted by atomic mass is 16.5. The number of hydrogen-bond donors (Lipinski definition) is 1. The maximum Gasteiger partial charge on any atom is 0.127 e. The minimum atomic E-state index is -0.122. The number of ether oxygens (including phenoxy) is 1.